The van der Waals surface area contributed by atoms with Crippen LogP contribution in [0.5, 0.6) is 0 Å². The Morgan fingerprint density at radius 2 is 1.85 bits per heavy atom. The van der Waals surface area contributed by atoms with Crippen LogP contribution in [-0.4, -0.2) is 10.2 Å². The zero-order valence-corrected chi connectivity index (χ0v) is 14.6. The smallest absolute Gasteiger partial charge is 0.342 e. The molecule has 128 valence electrons. The molecule has 0 radical (unpaired) electrons. The molecule has 0 saturated carbocycles. The number of nitrogens with zero attached hydrogens (tertiary/aromatic N) is 1. The van der Waals surface area contributed by atoms with Crippen molar-refractivity contribution in [2.75, 3.05) is 5.32 Å². The van der Waals surface area contributed by atoms with Crippen molar-refractivity contribution in [3.05, 3.63) is 86.4 Å². The van der Waals surface area contributed by atoms with E-state index < -0.39 is 0 Å². The summed E-state index contributed by atoms with van der Waals surface area (Å²) in [6.45, 7) is 1.95. The number of hydrogen-bond donors (Lipinski definition) is 2. The first-order valence-electron chi connectivity index (χ1n) is 8.26. The number of para-hydroxylation sites is 1. The van der Waals surface area contributed by atoms with Crippen LogP contribution >= 0.6 is 11.6 Å². The number of aromatic amines is 1. The van der Waals surface area contributed by atoms with E-state index in [4.69, 9.17) is 16.0 Å². The standard InChI is InChI=1S/C20H14ClN3O2/c1-10-15-16(11-6-8-12(21)9-7-11)17-18(22-19(15)24-23-10)13-4-2-3-5-14(13)26-20(17)25/h2-9,16H,1H3,(H2,22,23,24). The maximum atomic E-state index is 12.9. The van der Waals surface area contributed by atoms with Crippen LogP contribution in [0.3, 0.4) is 0 Å². The molecule has 0 saturated heterocycles. The Morgan fingerprint density at radius 1 is 1.08 bits per heavy atom. The van der Waals surface area contributed by atoms with Crippen molar-refractivity contribution >= 4 is 34.1 Å². The number of fused-ring (bicyclic) bond motifs is 4. The number of benzene rings is 2. The Bertz CT molecular complexity index is 1210. The van der Waals surface area contributed by atoms with Crippen LogP contribution in [0.15, 0.2) is 57.7 Å². The van der Waals surface area contributed by atoms with E-state index in [0.29, 0.717) is 16.2 Å². The third kappa shape index (κ3) is 2.10. The zero-order valence-electron chi connectivity index (χ0n) is 13.8. The lowest BCUT2D eigenvalue weighted by molar-refractivity contribution is 0.548. The molecular formula is C20H14ClN3O2. The molecule has 3 heterocycles. The van der Waals surface area contributed by atoms with Crippen molar-refractivity contribution in [2.24, 2.45) is 0 Å². The van der Waals surface area contributed by atoms with E-state index in [9.17, 15) is 4.79 Å². The highest BCUT2D eigenvalue weighted by Gasteiger charge is 2.35. The Hall–Kier alpha value is -3.05. The van der Waals surface area contributed by atoms with Gasteiger partial charge >= 0.3 is 5.63 Å². The molecule has 2 aromatic carbocycles. The maximum absolute atomic E-state index is 12.9. The average molecular weight is 364 g/mol. The number of aryl methyl sites for hydroxylation is 1. The van der Waals surface area contributed by atoms with Crippen LogP contribution in [0.25, 0.3) is 11.0 Å². The fraction of sp³-hybridized carbons (Fsp3) is 0.100. The van der Waals surface area contributed by atoms with Gasteiger partial charge in [0.05, 0.1) is 11.3 Å². The topological polar surface area (TPSA) is 70.9 Å². The third-order valence-electron chi connectivity index (χ3n) is 4.87. The highest BCUT2D eigenvalue weighted by molar-refractivity contribution is 6.30. The van der Waals surface area contributed by atoms with Crippen molar-refractivity contribution in [3.63, 3.8) is 0 Å². The molecule has 5 rings (SSSR count). The first-order chi connectivity index (χ1) is 12.6. The summed E-state index contributed by atoms with van der Waals surface area (Å²) in [5.41, 5.74) is 4.35. The maximum Gasteiger partial charge on any atom is 0.342 e. The second-order valence-electron chi connectivity index (χ2n) is 6.39. The first kappa shape index (κ1) is 15.2. The highest BCUT2D eigenvalue weighted by atomic mass is 35.5. The number of aromatic nitrogens is 2. The summed E-state index contributed by atoms with van der Waals surface area (Å²) in [6, 6.07) is 15.0. The molecule has 4 aromatic rings. The molecule has 1 aliphatic heterocycles. The molecule has 5 nitrogen and oxygen atoms in total. The lowest BCUT2D eigenvalue weighted by Gasteiger charge is -2.26. The van der Waals surface area contributed by atoms with E-state index in [1.165, 1.54) is 0 Å². The Morgan fingerprint density at radius 3 is 2.65 bits per heavy atom. The first-order valence-corrected chi connectivity index (χ1v) is 8.64. The summed E-state index contributed by atoms with van der Waals surface area (Å²) in [5, 5.41) is 12.2. The van der Waals surface area contributed by atoms with Gasteiger partial charge < -0.3 is 9.73 Å². The molecule has 0 spiro atoms. The summed E-state index contributed by atoms with van der Waals surface area (Å²) < 4.78 is 5.61. The van der Waals surface area contributed by atoms with Crippen LogP contribution in [0.2, 0.25) is 5.02 Å². The summed E-state index contributed by atoms with van der Waals surface area (Å²) in [4.78, 5) is 12.9. The van der Waals surface area contributed by atoms with Gasteiger partial charge in [-0.2, -0.15) is 5.10 Å². The number of hydrogen-bond acceptors (Lipinski definition) is 4. The molecule has 0 fully saturated rings. The largest absolute Gasteiger partial charge is 0.422 e. The summed E-state index contributed by atoms with van der Waals surface area (Å²) in [5.74, 6) is 0.448. The van der Waals surface area contributed by atoms with Crippen molar-refractivity contribution in [3.8, 4) is 0 Å². The van der Waals surface area contributed by atoms with Crippen LogP contribution < -0.4 is 10.9 Å². The second-order valence-corrected chi connectivity index (χ2v) is 6.83. The van der Waals surface area contributed by atoms with Crippen LogP contribution in [-0.2, 0) is 0 Å². The molecule has 2 aromatic heterocycles. The fourth-order valence-corrected chi connectivity index (χ4v) is 3.82. The number of H-pyrrole nitrogens is 1. The average Bonchev–Trinajstić information content (AvgIpc) is 3.02. The minimum atomic E-state index is -0.350. The van der Waals surface area contributed by atoms with Gasteiger partial charge in [-0.25, -0.2) is 4.79 Å². The number of anilines is 2. The zero-order chi connectivity index (χ0) is 17.8. The van der Waals surface area contributed by atoms with Gasteiger partial charge in [0.25, 0.3) is 0 Å². The Kier molecular flexibility index (Phi) is 3.21. The molecule has 1 atom stereocenters. The molecule has 0 aliphatic carbocycles. The molecule has 0 amide bonds. The van der Waals surface area contributed by atoms with E-state index in [1.807, 2.05) is 49.4 Å². The van der Waals surface area contributed by atoms with Gasteiger partial charge in [0.2, 0.25) is 0 Å². The predicted octanol–water partition coefficient (Wildman–Crippen LogP) is 4.72. The van der Waals surface area contributed by atoms with Crippen molar-refractivity contribution < 1.29 is 4.42 Å². The lowest BCUT2D eigenvalue weighted by atomic mass is 9.82. The van der Waals surface area contributed by atoms with E-state index in [-0.39, 0.29) is 11.5 Å². The van der Waals surface area contributed by atoms with Gasteiger partial charge in [0, 0.05) is 27.6 Å². The number of halogens is 1. The van der Waals surface area contributed by atoms with E-state index in [1.54, 1.807) is 6.07 Å². The number of rotatable bonds is 1. The van der Waals surface area contributed by atoms with Crippen molar-refractivity contribution in [1.82, 2.24) is 10.2 Å². The van der Waals surface area contributed by atoms with Crippen LogP contribution in [0.1, 0.15) is 28.3 Å². The molecular weight excluding hydrogens is 350 g/mol. The molecule has 26 heavy (non-hydrogen) atoms. The molecule has 1 unspecified atom stereocenters. The predicted molar refractivity (Wildman–Crippen MR) is 101 cm³/mol. The second kappa shape index (κ2) is 5.47. The summed E-state index contributed by atoms with van der Waals surface area (Å²) in [7, 11) is 0. The quantitative estimate of drug-likeness (QED) is 0.423. The fourth-order valence-electron chi connectivity index (χ4n) is 3.70. The monoisotopic (exact) mass is 363 g/mol. The minimum absolute atomic E-state index is 0.280. The van der Waals surface area contributed by atoms with Crippen LogP contribution in [0.4, 0.5) is 11.5 Å². The lowest BCUT2D eigenvalue weighted by Crippen LogP contribution is -2.22. The molecule has 2 N–H and O–H groups in total. The van der Waals surface area contributed by atoms with Crippen molar-refractivity contribution in [1.29, 1.82) is 0 Å². The molecule has 1 aliphatic rings. The minimum Gasteiger partial charge on any atom is -0.422 e. The van der Waals surface area contributed by atoms with Gasteiger partial charge in [0.15, 0.2) is 5.82 Å². The van der Waals surface area contributed by atoms with Gasteiger partial charge in [-0.3, -0.25) is 5.10 Å². The van der Waals surface area contributed by atoms with Crippen LogP contribution in [0, 0.1) is 6.92 Å². The number of nitrogens with one attached hydrogen (secondary N) is 2. The Balaban J connectivity index is 1.88. The third-order valence-corrected chi connectivity index (χ3v) is 5.12. The van der Waals surface area contributed by atoms with Gasteiger partial charge in [-0.05, 0) is 36.8 Å². The summed E-state index contributed by atoms with van der Waals surface area (Å²) >= 11 is 6.06. The highest BCUT2D eigenvalue weighted by Crippen LogP contribution is 2.46. The molecule has 0 bridgehead atoms. The van der Waals surface area contributed by atoms with Gasteiger partial charge in [0.1, 0.15) is 5.58 Å². The van der Waals surface area contributed by atoms with E-state index >= 15 is 0 Å². The van der Waals surface area contributed by atoms with E-state index in [0.717, 1.165) is 33.7 Å². The normalized spacial score (nSPS) is 15.4. The Labute approximate surface area is 153 Å². The summed E-state index contributed by atoms with van der Waals surface area (Å²) in [6.07, 6.45) is 0. The van der Waals surface area contributed by atoms with E-state index in [2.05, 4.69) is 15.5 Å². The van der Waals surface area contributed by atoms with Gasteiger partial charge in [-0.15, -0.1) is 0 Å². The SMILES string of the molecule is Cc1[nH]nc2c1C(c1ccc(Cl)cc1)c1c(c3ccccc3oc1=O)N2. The van der Waals surface area contributed by atoms with Crippen molar-refractivity contribution in [2.45, 2.75) is 12.8 Å². The van der Waals surface area contributed by atoms with Gasteiger partial charge in [-0.1, -0.05) is 35.9 Å². The molecule has 6 heteroatoms.